The van der Waals surface area contributed by atoms with Crippen LogP contribution in [0.15, 0.2) is 84.9 Å². The van der Waals surface area contributed by atoms with Crippen LogP contribution >= 0.6 is 0 Å². The van der Waals surface area contributed by atoms with Gasteiger partial charge in [0.25, 0.3) is 0 Å². The maximum atomic E-state index is 12.4. The SMILES string of the molecule is O=C(Oc1cc2ccccc2c2ccccc12)c1ccccc1. The third-order valence-electron chi connectivity index (χ3n) is 3.94. The summed E-state index contributed by atoms with van der Waals surface area (Å²) in [5.41, 5.74) is 0.546. The van der Waals surface area contributed by atoms with Gasteiger partial charge in [-0.2, -0.15) is 0 Å². The molecule has 23 heavy (non-hydrogen) atoms. The Bertz CT molecular complexity index is 1000. The Balaban J connectivity index is 1.87. The summed E-state index contributed by atoms with van der Waals surface area (Å²) >= 11 is 0. The minimum absolute atomic E-state index is 0.342. The highest BCUT2D eigenvalue weighted by molar-refractivity contribution is 6.11. The van der Waals surface area contributed by atoms with E-state index in [4.69, 9.17) is 4.74 Å². The van der Waals surface area contributed by atoms with Gasteiger partial charge in [-0.25, -0.2) is 4.79 Å². The summed E-state index contributed by atoms with van der Waals surface area (Å²) in [6.45, 7) is 0. The lowest BCUT2D eigenvalue weighted by atomic mass is 10.0. The molecule has 0 saturated carbocycles. The number of benzene rings is 4. The second-order valence-electron chi connectivity index (χ2n) is 5.40. The highest BCUT2D eigenvalue weighted by Crippen LogP contribution is 2.33. The Kier molecular flexibility index (Phi) is 3.28. The third-order valence-corrected chi connectivity index (χ3v) is 3.94. The molecule has 2 nitrogen and oxygen atoms in total. The summed E-state index contributed by atoms with van der Waals surface area (Å²) in [5, 5.41) is 4.24. The van der Waals surface area contributed by atoms with Crippen molar-refractivity contribution in [2.75, 3.05) is 0 Å². The number of carbonyl (C=O) groups is 1. The number of rotatable bonds is 2. The van der Waals surface area contributed by atoms with Crippen molar-refractivity contribution < 1.29 is 9.53 Å². The van der Waals surface area contributed by atoms with E-state index in [9.17, 15) is 4.79 Å². The molecule has 2 heteroatoms. The fourth-order valence-electron chi connectivity index (χ4n) is 2.84. The zero-order valence-corrected chi connectivity index (χ0v) is 12.4. The van der Waals surface area contributed by atoms with Crippen LogP contribution < -0.4 is 4.74 Å². The van der Waals surface area contributed by atoms with E-state index in [1.807, 2.05) is 60.7 Å². The van der Waals surface area contributed by atoms with Crippen LogP contribution in [-0.4, -0.2) is 5.97 Å². The number of carbonyl (C=O) groups excluding carboxylic acids is 1. The Morgan fingerprint density at radius 2 is 1.26 bits per heavy atom. The Morgan fingerprint density at radius 3 is 2.04 bits per heavy atom. The van der Waals surface area contributed by atoms with Gasteiger partial charge in [0.15, 0.2) is 0 Å². The van der Waals surface area contributed by atoms with E-state index in [0.717, 1.165) is 21.5 Å². The first kappa shape index (κ1) is 13.5. The minimum atomic E-state index is -0.342. The fraction of sp³-hybridized carbons (Fsp3) is 0. The molecule has 4 rings (SSSR count). The lowest BCUT2D eigenvalue weighted by Gasteiger charge is -2.11. The van der Waals surface area contributed by atoms with Gasteiger partial charge in [-0.3, -0.25) is 0 Å². The predicted octanol–water partition coefficient (Wildman–Crippen LogP) is 5.21. The van der Waals surface area contributed by atoms with Crippen LogP contribution in [0.3, 0.4) is 0 Å². The summed E-state index contributed by atoms with van der Waals surface area (Å²) < 4.78 is 5.68. The Morgan fingerprint density at radius 1 is 0.652 bits per heavy atom. The number of hydrogen-bond acceptors (Lipinski definition) is 2. The number of fused-ring (bicyclic) bond motifs is 3. The summed E-state index contributed by atoms with van der Waals surface area (Å²) in [4.78, 5) is 12.4. The largest absolute Gasteiger partial charge is 0.422 e. The Labute approximate surface area is 133 Å². The van der Waals surface area contributed by atoms with Gasteiger partial charge in [-0.15, -0.1) is 0 Å². The van der Waals surface area contributed by atoms with E-state index < -0.39 is 0 Å². The van der Waals surface area contributed by atoms with Gasteiger partial charge in [-0.1, -0.05) is 66.7 Å². The van der Waals surface area contributed by atoms with E-state index in [0.29, 0.717) is 11.3 Å². The van der Waals surface area contributed by atoms with Crippen molar-refractivity contribution in [3.8, 4) is 5.75 Å². The van der Waals surface area contributed by atoms with Crippen LogP contribution in [-0.2, 0) is 0 Å². The standard InChI is InChI=1S/C21H14O2/c22-21(15-8-2-1-3-9-15)23-20-14-16-10-4-5-11-17(16)18-12-6-7-13-19(18)20/h1-14H. The van der Waals surface area contributed by atoms with E-state index in [1.54, 1.807) is 12.1 Å². The van der Waals surface area contributed by atoms with Gasteiger partial charge >= 0.3 is 5.97 Å². The molecule has 0 amide bonds. The minimum Gasteiger partial charge on any atom is -0.422 e. The van der Waals surface area contributed by atoms with E-state index >= 15 is 0 Å². The van der Waals surface area contributed by atoms with Crippen LogP contribution in [0.2, 0.25) is 0 Å². The van der Waals surface area contributed by atoms with Crippen molar-refractivity contribution in [3.63, 3.8) is 0 Å². The summed E-state index contributed by atoms with van der Waals surface area (Å²) in [6, 6.07) is 27.1. The molecule has 0 atom stereocenters. The highest BCUT2D eigenvalue weighted by atomic mass is 16.5. The highest BCUT2D eigenvalue weighted by Gasteiger charge is 2.12. The molecule has 0 fully saturated rings. The summed E-state index contributed by atoms with van der Waals surface area (Å²) in [7, 11) is 0. The van der Waals surface area contributed by atoms with Crippen LogP contribution in [0.4, 0.5) is 0 Å². The first-order chi connectivity index (χ1) is 11.3. The lowest BCUT2D eigenvalue weighted by molar-refractivity contribution is 0.0737. The van der Waals surface area contributed by atoms with Crippen molar-refractivity contribution in [2.45, 2.75) is 0 Å². The molecule has 110 valence electrons. The molecule has 0 aliphatic carbocycles. The summed E-state index contributed by atoms with van der Waals surface area (Å²) in [5.74, 6) is 0.249. The normalized spacial score (nSPS) is 10.8. The average molecular weight is 298 g/mol. The van der Waals surface area contributed by atoms with Crippen molar-refractivity contribution in [1.29, 1.82) is 0 Å². The third kappa shape index (κ3) is 2.44. The molecule has 0 bridgehead atoms. The van der Waals surface area contributed by atoms with Crippen molar-refractivity contribution in [2.24, 2.45) is 0 Å². The number of ether oxygens (including phenoxy) is 1. The molecule has 0 radical (unpaired) electrons. The lowest BCUT2D eigenvalue weighted by Crippen LogP contribution is -2.08. The van der Waals surface area contributed by atoms with Gasteiger partial charge in [0.2, 0.25) is 0 Å². The maximum Gasteiger partial charge on any atom is 0.343 e. The quantitative estimate of drug-likeness (QED) is 0.288. The molecule has 0 spiro atoms. The van der Waals surface area contributed by atoms with E-state index in [2.05, 4.69) is 12.1 Å². The van der Waals surface area contributed by atoms with E-state index in [1.165, 1.54) is 0 Å². The van der Waals surface area contributed by atoms with Gasteiger partial charge < -0.3 is 4.74 Å². The molecular weight excluding hydrogens is 284 g/mol. The maximum absolute atomic E-state index is 12.4. The van der Waals surface area contributed by atoms with Gasteiger partial charge in [0.05, 0.1) is 5.56 Å². The molecular formula is C21H14O2. The Hall–Kier alpha value is -3.13. The number of esters is 1. The molecule has 0 unspecified atom stereocenters. The molecule has 0 N–H and O–H groups in total. The topological polar surface area (TPSA) is 26.3 Å². The number of hydrogen-bond donors (Lipinski definition) is 0. The fourth-order valence-corrected chi connectivity index (χ4v) is 2.84. The van der Waals surface area contributed by atoms with Crippen LogP contribution in [0.25, 0.3) is 21.5 Å². The monoisotopic (exact) mass is 298 g/mol. The molecule has 0 aliphatic rings. The molecule has 0 aliphatic heterocycles. The molecule has 4 aromatic rings. The van der Waals surface area contributed by atoms with Gasteiger partial charge in [0, 0.05) is 5.39 Å². The van der Waals surface area contributed by atoms with Crippen molar-refractivity contribution in [3.05, 3.63) is 90.5 Å². The van der Waals surface area contributed by atoms with Crippen molar-refractivity contribution in [1.82, 2.24) is 0 Å². The molecule has 0 saturated heterocycles. The summed E-state index contributed by atoms with van der Waals surface area (Å²) in [6.07, 6.45) is 0. The smallest absolute Gasteiger partial charge is 0.343 e. The molecule has 4 aromatic carbocycles. The van der Waals surface area contributed by atoms with Crippen LogP contribution in [0, 0.1) is 0 Å². The van der Waals surface area contributed by atoms with Crippen LogP contribution in [0.1, 0.15) is 10.4 Å². The first-order valence-corrected chi connectivity index (χ1v) is 7.51. The average Bonchev–Trinajstić information content (AvgIpc) is 2.62. The van der Waals surface area contributed by atoms with Crippen molar-refractivity contribution >= 4 is 27.5 Å². The first-order valence-electron chi connectivity index (χ1n) is 7.51. The van der Waals surface area contributed by atoms with Gasteiger partial charge in [0.1, 0.15) is 5.75 Å². The molecule has 0 aromatic heterocycles. The van der Waals surface area contributed by atoms with E-state index in [-0.39, 0.29) is 5.97 Å². The van der Waals surface area contributed by atoms with Gasteiger partial charge in [-0.05, 0) is 34.4 Å². The second-order valence-corrected chi connectivity index (χ2v) is 5.40. The van der Waals surface area contributed by atoms with Crippen LogP contribution in [0.5, 0.6) is 5.75 Å². The zero-order valence-electron chi connectivity index (χ0n) is 12.4. The molecule has 0 heterocycles. The predicted molar refractivity (Wildman–Crippen MR) is 92.9 cm³/mol. The zero-order chi connectivity index (χ0) is 15.6. The second kappa shape index (κ2) is 5.58.